The van der Waals surface area contributed by atoms with Gasteiger partial charge in [-0.15, -0.1) is 0 Å². The number of carboxylic acid groups (broad SMARTS) is 1. The van der Waals surface area contributed by atoms with Crippen LogP contribution in [0.2, 0.25) is 0 Å². The molecule has 0 aromatic rings. The molecule has 7 heteroatoms. The van der Waals surface area contributed by atoms with Crippen molar-refractivity contribution >= 4 is 11.9 Å². The minimum Gasteiger partial charge on any atom is -0.479 e. The van der Waals surface area contributed by atoms with Crippen LogP contribution in [0.5, 0.6) is 0 Å². The maximum atomic E-state index is 12.1. The van der Waals surface area contributed by atoms with Crippen LogP contribution in [0.4, 0.5) is 0 Å². The normalized spacial score (nSPS) is 29.9. The number of aliphatic carboxylic acids is 1. The lowest BCUT2D eigenvalue weighted by molar-refractivity contribution is -0.152. The maximum absolute atomic E-state index is 12.1. The first-order valence-electron chi connectivity index (χ1n) is 6.45. The average molecular weight is 273 g/mol. The zero-order valence-corrected chi connectivity index (χ0v) is 10.6. The van der Waals surface area contributed by atoms with Crippen LogP contribution >= 0.6 is 0 Å². The molecular formula is C12H19NO6. The SMILES string of the molecule is O=C(O)C1CCC(C(=O)NC2(CO)CCOCC2)O1. The number of ether oxygens (including phenoxy) is 2. The molecule has 2 aliphatic heterocycles. The van der Waals surface area contributed by atoms with Crippen molar-refractivity contribution in [3.05, 3.63) is 0 Å². The molecule has 0 saturated carbocycles. The summed E-state index contributed by atoms with van der Waals surface area (Å²) < 4.78 is 10.4. The highest BCUT2D eigenvalue weighted by molar-refractivity contribution is 5.83. The molecule has 0 bridgehead atoms. The predicted octanol–water partition coefficient (Wildman–Crippen LogP) is -0.724. The van der Waals surface area contributed by atoms with Crippen LogP contribution in [-0.2, 0) is 19.1 Å². The molecule has 3 N–H and O–H groups in total. The standard InChI is InChI=1S/C12H19NO6/c14-7-12(3-5-18-6-4-12)13-10(15)8-1-2-9(19-8)11(16)17/h8-9,14H,1-7H2,(H,13,15)(H,16,17). The number of aliphatic hydroxyl groups excluding tert-OH is 1. The van der Waals surface area contributed by atoms with Gasteiger partial charge in [-0.1, -0.05) is 0 Å². The third-order valence-corrected chi connectivity index (χ3v) is 3.73. The summed E-state index contributed by atoms with van der Waals surface area (Å²) in [4.78, 5) is 22.8. The van der Waals surface area contributed by atoms with Crippen molar-refractivity contribution < 1.29 is 29.3 Å². The quantitative estimate of drug-likeness (QED) is 0.624. The van der Waals surface area contributed by atoms with Gasteiger partial charge in [0.05, 0.1) is 12.1 Å². The van der Waals surface area contributed by atoms with Crippen molar-refractivity contribution in [3.63, 3.8) is 0 Å². The van der Waals surface area contributed by atoms with Crippen LogP contribution in [0.15, 0.2) is 0 Å². The molecule has 0 aromatic heterocycles. The Morgan fingerprint density at radius 1 is 1.21 bits per heavy atom. The molecule has 0 aliphatic carbocycles. The van der Waals surface area contributed by atoms with Crippen molar-refractivity contribution in [3.8, 4) is 0 Å². The Morgan fingerprint density at radius 2 is 1.84 bits per heavy atom. The second-order valence-electron chi connectivity index (χ2n) is 5.07. The Balaban J connectivity index is 1.91. The molecule has 2 atom stereocenters. The van der Waals surface area contributed by atoms with Gasteiger partial charge < -0.3 is 25.0 Å². The van der Waals surface area contributed by atoms with E-state index in [0.717, 1.165) is 0 Å². The number of carbonyl (C=O) groups is 2. The summed E-state index contributed by atoms with van der Waals surface area (Å²) in [6.45, 7) is 0.825. The van der Waals surface area contributed by atoms with Crippen molar-refractivity contribution in [1.29, 1.82) is 0 Å². The summed E-state index contributed by atoms with van der Waals surface area (Å²) in [5.41, 5.74) is -0.667. The molecule has 2 heterocycles. The molecule has 19 heavy (non-hydrogen) atoms. The molecule has 0 spiro atoms. The van der Waals surface area contributed by atoms with E-state index < -0.39 is 23.7 Å². The molecule has 0 aromatic carbocycles. The largest absolute Gasteiger partial charge is 0.479 e. The lowest BCUT2D eigenvalue weighted by Crippen LogP contribution is -2.56. The lowest BCUT2D eigenvalue weighted by Gasteiger charge is -2.36. The minimum absolute atomic E-state index is 0.156. The van der Waals surface area contributed by atoms with Gasteiger partial charge in [-0.3, -0.25) is 4.79 Å². The minimum atomic E-state index is -1.04. The third-order valence-electron chi connectivity index (χ3n) is 3.73. The number of carboxylic acids is 1. The van der Waals surface area contributed by atoms with E-state index >= 15 is 0 Å². The molecular weight excluding hydrogens is 254 g/mol. The first-order valence-corrected chi connectivity index (χ1v) is 6.45. The second kappa shape index (κ2) is 5.85. The second-order valence-corrected chi connectivity index (χ2v) is 5.07. The van der Waals surface area contributed by atoms with Gasteiger partial charge in [-0.05, 0) is 25.7 Å². The molecule has 0 radical (unpaired) electrons. The number of aliphatic hydroxyl groups is 1. The van der Waals surface area contributed by atoms with Crippen LogP contribution in [-0.4, -0.2) is 59.7 Å². The van der Waals surface area contributed by atoms with Crippen LogP contribution < -0.4 is 5.32 Å². The number of carbonyl (C=O) groups excluding carboxylic acids is 1. The molecule has 2 aliphatic rings. The molecule has 2 unspecified atom stereocenters. The molecule has 2 rings (SSSR count). The molecule has 2 saturated heterocycles. The number of nitrogens with one attached hydrogen (secondary N) is 1. The molecule has 1 amide bonds. The van der Waals surface area contributed by atoms with Gasteiger partial charge in [0, 0.05) is 13.2 Å². The Kier molecular flexibility index (Phi) is 4.38. The van der Waals surface area contributed by atoms with E-state index in [1.807, 2.05) is 0 Å². The fourth-order valence-electron chi connectivity index (χ4n) is 2.44. The number of hydrogen-bond donors (Lipinski definition) is 3. The van der Waals surface area contributed by atoms with Gasteiger partial charge >= 0.3 is 5.97 Å². The highest BCUT2D eigenvalue weighted by Crippen LogP contribution is 2.24. The monoisotopic (exact) mass is 273 g/mol. The van der Waals surface area contributed by atoms with Gasteiger partial charge in [0.2, 0.25) is 5.91 Å². The fourth-order valence-corrected chi connectivity index (χ4v) is 2.44. The fraction of sp³-hybridized carbons (Fsp3) is 0.833. The lowest BCUT2D eigenvalue weighted by atomic mass is 9.90. The molecule has 2 fully saturated rings. The van der Waals surface area contributed by atoms with Crippen LogP contribution in [0, 0.1) is 0 Å². The average Bonchev–Trinajstić information content (AvgIpc) is 2.89. The smallest absolute Gasteiger partial charge is 0.332 e. The Hall–Kier alpha value is -1.18. The summed E-state index contributed by atoms with van der Waals surface area (Å²) in [5, 5.41) is 21.1. The van der Waals surface area contributed by atoms with E-state index in [0.29, 0.717) is 38.9 Å². The Labute approximate surface area is 110 Å². The van der Waals surface area contributed by atoms with Crippen molar-refractivity contribution in [1.82, 2.24) is 5.32 Å². The highest BCUT2D eigenvalue weighted by atomic mass is 16.5. The van der Waals surface area contributed by atoms with E-state index in [1.54, 1.807) is 0 Å². The summed E-state index contributed by atoms with van der Waals surface area (Å²) >= 11 is 0. The molecule has 108 valence electrons. The van der Waals surface area contributed by atoms with Crippen LogP contribution in [0.3, 0.4) is 0 Å². The van der Waals surface area contributed by atoms with Gasteiger partial charge in [-0.25, -0.2) is 4.79 Å². The summed E-state index contributed by atoms with van der Waals surface area (Å²) in [6, 6.07) is 0. The van der Waals surface area contributed by atoms with E-state index in [-0.39, 0.29) is 12.5 Å². The van der Waals surface area contributed by atoms with Gasteiger partial charge in [0.25, 0.3) is 0 Å². The van der Waals surface area contributed by atoms with Gasteiger partial charge in [0.15, 0.2) is 6.10 Å². The van der Waals surface area contributed by atoms with Crippen molar-refractivity contribution in [2.45, 2.75) is 43.4 Å². The van der Waals surface area contributed by atoms with Crippen molar-refractivity contribution in [2.75, 3.05) is 19.8 Å². The number of amides is 1. The van der Waals surface area contributed by atoms with Crippen LogP contribution in [0.1, 0.15) is 25.7 Å². The number of hydrogen-bond acceptors (Lipinski definition) is 5. The van der Waals surface area contributed by atoms with E-state index in [9.17, 15) is 14.7 Å². The van der Waals surface area contributed by atoms with Crippen molar-refractivity contribution in [2.24, 2.45) is 0 Å². The predicted molar refractivity (Wildman–Crippen MR) is 63.5 cm³/mol. The summed E-state index contributed by atoms with van der Waals surface area (Å²) in [6.07, 6.45) is 0.167. The summed E-state index contributed by atoms with van der Waals surface area (Å²) in [5.74, 6) is -1.39. The molecule has 7 nitrogen and oxygen atoms in total. The highest BCUT2D eigenvalue weighted by Gasteiger charge is 2.39. The number of rotatable bonds is 4. The Morgan fingerprint density at radius 3 is 2.37 bits per heavy atom. The first-order chi connectivity index (χ1) is 9.06. The Bertz CT molecular complexity index is 352. The van der Waals surface area contributed by atoms with Crippen LogP contribution in [0.25, 0.3) is 0 Å². The maximum Gasteiger partial charge on any atom is 0.332 e. The topological polar surface area (TPSA) is 105 Å². The van der Waals surface area contributed by atoms with E-state index in [2.05, 4.69) is 5.32 Å². The van der Waals surface area contributed by atoms with Gasteiger partial charge in [0.1, 0.15) is 6.10 Å². The zero-order valence-electron chi connectivity index (χ0n) is 10.6. The summed E-state index contributed by atoms with van der Waals surface area (Å²) in [7, 11) is 0. The third kappa shape index (κ3) is 3.23. The van der Waals surface area contributed by atoms with Gasteiger partial charge in [-0.2, -0.15) is 0 Å². The first kappa shape index (κ1) is 14.2. The van der Waals surface area contributed by atoms with E-state index in [1.165, 1.54) is 0 Å². The zero-order chi connectivity index (χ0) is 13.9. The van der Waals surface area contributed by atoms with E-state index in [4.69, 9.17) is 14.6 Å².